The van der Waals surface area contributed by atoms with Gasteiger partial charge in [-0.3, -0.25) is 0 Å². The van der Waals surface area contributed by atoms with Crippen molar-refractivity contribution in [3.8, 4) is 11.4 Å². The van der Waals surface area contributed by atoms with Crippen molar-refractivity contribution in [1.29, 1.82) is 0 Å². The Hall–Kier alpha value is -5.38. The summed E-state index contributed by atoms with van der Waals surface area (Å²) in [5, 5.41) is 10.2. The zero-order valence-corrected chi connectivity index (χ0v) is 23.0. The van der Waals surface area contributed by atoms with Crippen molar-refractivity contribution >= 4 is 65.2 Å². The first-order chi connectivity index (χ1) is 20.8. The van der Waals surface area contributed by atoms with Gasteiger partial charge in [-0.1, -0.05) is 97.1 Å². The van der Waals surface area contributed by atoms with Crippen molar-refractivity contribution in [1.82, 2.24) is 9.13 Å². The summed E-state index contributed by atoms with van der Waals surface area (Å²) in [6.07, 6.45) is 0. The average Bonchev–Trinajstić information content (AvgIpc) is 3.59. The van der Waals surface area contributed by atoms with Gasteiger partial charge in [-0.25, -0.2) is 0 Å². The molecular weight excluding hydrogens is 510 g/mol. The molecule has 3 heteroatoms. The maximum absolute atomic E-state index is 6.08. The summed E-state index contributed by atoms with van der Waals surface area (Å²) in [4.78, 5) is 0. The third-order valence-electron chi connectivity index (χ3n) is 8.85. The number of rotatable bonds is 3. The van der Waals surface area contributed by atoms with E-state index in [-0.39, 0.29) is 0 Å². The van der Waals surface area contributed by atoms with E-state index in [0.29, 0.717) is 6.54 Å². The van der Waals surface area contributed by atoms with E-state index in [0.717, 1.165) is 11.3 Å². The molecule has 198 valence electrons. The van der Waals surface area contributed by atoms with Gasteiger partial charge in [-0.05, 0) is 58.8 Å². The fourth-order valence-corrected chi connectivity index (χ4v) is 7.16. The maximum atomic E-state index is 6.08. The highest BCUT2D eigenvalue weighted by atomic mass is 15.0. The lowest BCUT2D eigenvalue weighted by Crippen LogP contribution is -1.99. The Morgan fingerprint density at radius 2 is 1.02 bits per heavy atom. The third kappa shape index (κ3) is 3.09. The van der Waals surface area contributed by atoms with E-state index in [1.54, 1.807) is 0 Å². The predicted molar refractivity (Wildman–Crippen MR) is 178 cm³/mol. The highest BCUT2D eigenvalue weighted by Gasteiger charge is 2.23. The second-order valence-electron chi connectivity index (χ2n) is 11.1. The Morgan fingerprint density at radius 3 is 1.79 bits per heavy atom. The SMILES string of the molecule is NCc1cccc(-n2c3ccccc3c3c4c(ccc32)c2ccccc2c2c4c3ccccc3n2-c2ccccc2)c1. The van der Waals surface area contributed by atoms with Crippen LogP contribution in [0, 0.1) is 0 Å². The van der Waals surface area contributed by atoms with Crippen LogP contribution < -0.4 is 5.73 Å². The minimum atomic E-state index is 0.513. The lowest BCUT2D eigenvalue weighted by atomic mass is 9.93. The van der Waals surface area contributed by atoms with Gasteiger partial charge in [-0.15, -0.1) is 0 Å². The highest BCUT2D eigenvalue weighted by molar-refractivity contribution is 6.39. The van der Waals surface area contributed by atoms with Gasteiger partial charge in [0.15, 0.2) is 0 Å². The molecule has 7 aromatic carbocycles. The van der Waals surface area contributed by atoms with Gasteiger partial charge in [0.25, 0.3) is 0 Å². The molecule has 0 saturated carbocycles. The van der Waals surface area contributed by atoms with Gasteiger partial charge in [0.1, 0.15) is 0 Å². The van der Waals surface area contributed by atoms with Crippen LogP contribution in [-0.4, -0.2) is 9.13 Å². The maximum Gasteiger partial charge on any atom is 0.0626 e. The van der Waals surface area contributed by atoms with Crippen molar-refractivity contribution in [3.05, 3.63) is 145 Å². The van der Waals surface area contributed by atoms with Crippen molar-refractivity contribution < 1.29 is 0 Å². The van der Waals surface area contributed by atoms with Crippen LogP contribution in [0.1, 0.15) is 5.56 Å². The zero-order valence-electron chi connectivity index (χ0n) is 23.0. The van der Waals surface area contributed by atoms with Crippen molar-refractivity contribution in [2.24, 2.45) is 5.73 Å². The number of benzene rings is 7. The van der Waals surface area contributed by atoms with Crippen LogP contribution in [0.4, 0.5) is 0 Å². The minimum absolute atomic E-state index is 0.513. The van der Waals surface area contributed by atoms with Crippen LogP contribution >= 0.6 is 0 Å². The molecule has 9 aromatic rings. The highest BCUT2D eigenvalue weighted by Crippen LogP contribution is 2.47. The van der Waals surface area contributed by atoms with E-state index >= 15 is 0 Å². The van der Waals surface area contributed by atoms with E-state index in [2.05, 4.69) is 149 Å². The molecule has 0 atom stereocenters. The Bertz CT molecular complexity index is 2500. The normalized spacial score (nSPS) is 12.0. The Balaban J connectivity index is 1.60. The molecule has 0 bridgehead atoms. The number of nitrogens with two attached hydrogens (primary N) is 1. The summed E-state index contributed by atoms with van der Waals surface area (Å²) < 4.78 is 4.86. The second-order valence-corrected chi connectivity index (χ2v) is 11.1. The molecule has 2 N–H and O–H groups in total. The largest absolute Gasteiger partial charge is 0.326 e. The first kappa shape index (κ1) is 23.3. The van der Waals surface area contributed by atoms with Gasteiger partial charge in [-0.2, -0.15) is 0 Å². The first-order valence-corrected chi connectivity index (χ1v) is 14.5. The summed E-state index contributed by atoms with van der Waals surface area (Å²) in [6, 6.07) is 50.6. The van der Waals surface area contributed by atoms with Crippen molar-refractivity contribution in [2.45, 2.75) is 6.54 Å². The lowest BCUT2D eigenvalue weighted by Gasteiger charge is -2.13. The number of nitrogens with zero attached hydrogens (tertiary/aromatic N) is 2. The second kappa shape index (κ2) is 8.81. The van der Waals surface area contributed by atoms with Crippen LogP contribution in [0.3, 0.4) is 0 Å². The van der Waals surface area contributed by atoms with E-state index < -0.39 is 0 Å². The molecule has 0 aliphatic carbocycles. The topological polar surface area (TPSA) is 35.9 Å². The smallest absolute Gasteiger partial charge is 0.0626 e. The van der Waals surface area contributed by atoms with E-state index in [1.165, 1.54) is 70.8 Å². The van der Waals surface area contributed by atoms with Crippen LogP contribution in [0.5, 0.6) is 0 Å². The molecule has 42 heavy (non-hydrogen) atoms. The molecule has 0 saturated heterocycles. The summed E-state index contributed by atoms with van der Waals surface area (Å²) in [6.45, 7) is 0.513. The number of aromatic nitrogens is 2. The van der Waals surface area contributed by atoms with Crippen LogP contribution in [-0.2, 0) is 6.54 Å². The Morgan fingerprint density at radius 1 is 0.405 bits per heavy atom. The van der Waals surface area contributed by atoms with Crippen LogP contribution in [0.2, 0.25) is 0 Å². The third-order valence-corrected chi connectivity index (χ3v) is 8.85. The molecule has 3 nitrogen and oxygen atoms in total. The minimum Gasteiger partial charge on any atom is -0.326 e. The van der Waals surface area contributed by atoms with Gasteiger partial charge in [0.05, 0.1) is 22.1 Å². The quantitative estimate of drug-likeness (QED) is 0.224. The van der Waals surface area contributed by atoms with Gasteiger partial charge >= 0.3 is 0 Å². The summed E-state index contributed by atoms with van der Waals surface area (Å²) >= 11 is 0. The lowest BCUT2D eigenvalue weighted by molar-refractivity contribution is 1.06. The van der Waals surface area contributed by atoms with Gasteiger partial charge in [0.2, 0.25) is 0 Å². The van der Waals surface area contributed by atoms with Crippen molar-refractivity contribution in [2.75, 3.05) is 0 Å². The zero-order chi connectivity index (χ0) is 27.8. The molecule has 0 amide bonds. The molecule has 0 aliphatic heterocycles. The molecule has 9 rings (SSSR count). The summed E-state index contributed by atoms with van der Waals surface area (Å²) in [5.41, 5.74) is 14.4. The fourth-order valence-electron chi connectivity index (χ4n) is 7.16. The number of fused-ring (bicyclic) bond motifs is 12. The molecule has 0 spiro atoms. The predicted octanol–water partition coefficient (Wildman–Crippen LogP) is 9.65. The standard InChI is InChI=1S/C39H27N3/c40-24-25-11-10-14-27(23-25)41-33-19-8-6-17-31(33)36-35(41)22-21-29-28-15-4-5-16-30(28)39-38(37(29)36)32-18-7-9-20-34(32)42(39)26-12-2-1-3-13-26/h1-23H,24,40H2. The van der Waals surface area contributed by atoms with Crippen LogP contribution in [0.15, 0.2) is 140 Å². The molecule has 0 fully saturated rings. The van der Waals surface area contributed by atoms with Crippen molar-refractivity contribution in [3.63, 3.8) is 0 Å². The fraction of sp³-hybridized carbons (Fsp3) is 0.0256. The van der Waals surface area contributed by atoms with Gasteiger partial charge in [0, 0.05) is 50.2 Å². The summed E-state index contributed by atoms with van der Waals surface area (Å²) in [5.74, 6) is 0. The molecule has 2 heterocycles. The summed E-state index contributed by atoms with van der Waals surface area (Å²) in [7, 11) is 0. The van der Waals surface area contributed by atoms with E-state index in [1.807, 2.05) is 0 Å². The van der Waals surface area contributed by atoms with Gasteiger partial charge < -0.3 is 14.9 Å². The first-order valence-electron chi connectivity index (χ1n) is 14.5. The molecule has 0 unspecified atom stereocenters. The van der Waals surface area contributed by atoms with E-state index in [9.17, 15) is 0 Å². The Kier molecular flexibility index (Phi) is 4.89. The number of hydrogen-bond donors (Lipinski definition) is 1. The van der Waals surface area contributed by atoms with E-state index in [4.69, 9.17) is 5.73 Å². The average molecular weight is 538 g/mol. The van der Waals surface area contributed by atoms with Crippen LogP contribution in [0.25, 0.3) is 76.5 Å². The molecular formula is C39H27N3. The molecule has 0 aliphatic rings. The number of hydrogen-bond acceptors (Lipinski definition) is 1. The molecule has 2 aromatic heterocycles. The number of para-hydroxylation sites is 3. The Labute approximate surface area is 242 Å². The monoisotopic (exact) mass is 537 g/mol. The molecule has 0 radical (unpaired) electrons.